The van der Waals surface area contributed by atoms with Gasteiger partial charge in [-0.2, -0.15) is 0 Å². The Morgan fingerprint density at radius 3 is 2.66 bits per heavy atom. The zero-order chi connectivity index (χ0) is 20.9. The summed E-state index contributed by atoms with van der Waals surface area (Å²) in [5.41, 5.74) is 0.526. The minimum atomic E-state index is -1.05. The van der Waals surface area contributed by atoms with Gasteiger partial charge in [0.15, 0.2) is 0 Å². The molecule has 0 radical (unpaired) electrons. The van der Waals surface area contributed by atoms with E-state index in [1.165, 1.54) is 16.7 Å². The minimum absolute atomic E-state index is 0.435. The minimum Gasteiger partial charge on any atom is -0.492 e. The van der Waals surface area contributed by atoms with Crippen LogP contribution in [0.5, 0.6) is 5.75 Å². The number of rotatable bonds is 5. The lowest BCUT2D eigenvalue weighted by molar-refractivity contribution is -0.165. The molecule has 2 amide bonds. The molecule has 7 nitrogen and oxygen atoms in total. The number of carboxylic acid groups (broad SMARTS) is 1. The summed E-state index contributed by atoms with van der Waals surface area (Å²) in [6.45, 7) is 5.87. The quantitative estimate of drug-likeness (QED) is 0.577. The van der Waals surface area contributed by atoms with Crippen LogP contribution in [0.4, 0.5) is 5.69 Å². The molecular formula is C21H22N2O5S. The molecule has 0 aliphatic carbocycles. The van der Waals surface area contributed by atoms with E-state index in [2.05, 4.69) is 5.32 Å². The summed E-state index contributed by atoms with van der Waals surface area (Å²) in [4.78, 5) is 38.8. The molecule has 3 atom stereocenters. The Kier molecular flexibility index (Phi) is 4.69. The Hall–Kier alpha value is -2.74. The third-order valence-electron chi connectivity index (χ3n) is 5.40. The molecule has 0 aromatic heterocycles. The fourth-order valence-corrected chi connectivity index (χ4v) is 5.79. The summed E-state index contributed by atoms with van der Waals surface area (Å²) in [7, 11) is 0. The Labute approximate surface area is 172 Å². The number of fused-ring (bicyclic) bond motifs is 2. The van der Waals surface area contributed by atoms with Gasteiger partial charge in [-0.1, -0.05) is 30.3 Å². The summed E-state index contributed by atoms with van der Waals surface area (Å²) < 4.78 is 5.01. The number of ether oxygens (including phenoxy) is 1. The van der Waals surface area contributed by atoms with Gasteiger partial charge in [-0.25, -0.2) is 4.79 Å². The highest BCUT2D eigenvalue weighted by Gasteiger charge is 2.65. The van der Waals surface area contributed by atoms with Crippen LogP contribution in [0.2, 0.25) is 0 Å². The zero-order valence-electron chi connectivity index (χ0n) is 16.3. The molecule has 152 valence electrons. The van der Waals surface area contributed by atoms with Gasteiger partial charge in [-0.05, 0) is 32.2 Å². The zero-order valence-corrected chi connectivity index (χ0v) is 17.2. The Balaban J connectivity index is 1.64. The highest BCUT2D eigenvalue weighted by Crippen LogP contribution is 2.53. The standard InChI is InChI=1S/C21H22N2O5S/c1-4-28-13-10-9-11-7-5-6-8-12(11)15(13)22-17(24)14-18(25)23-16(20(26)27)21(2,3)29-19(14)23/h5-10,14,16,19H,4H2,1-3H3,(H,22,24)(H,26,27)/t14?,16?,19-/m0/s1. The molecule has 2 aromatic rings. The molecule has 4 rings (SSSR count). The molecule has 2 N–H and O–H groups in total. The topological polar surface area (TPSA) is 95.9 Å². The first-order valence-corrected chi connectivity index (χ1v) is 10.3. The summed E-state index contributed by atoms with van der Waals surface area (Å²) in [6.07, 6.45) is 0. The number of carbonyl (C=O) groups is 3. The largest absolute Gasteiger partial charge is 0.492 e. The van der Waals surface area contributed by atoms with E-state index in [0.29, 0.717) is 18.0 Å². The fourth-order valence-electron chi connectivity index (χ4n) is 4.11. The number of aliphatic carboxylic acids is 1. The average molecular weight is 414 g/mol. The van der Waals surface area contributed by atoms with Crippen LogP contribution in [-0.2, 0) is 14.4 Å². The highest BCUT2D eigenvalue weighted by molar-refractivity contribution is 8.01. The lowest BCUT2D eigenvalue weighted by Crippen LogP contribution is -2.65. The van der Waals surface area contributed by atoms with Crippen molar-refractivity contribution in [1.29, 1.82) is 0 Å². The van der Waals surface area contributed by atoms with Crippen LogP contribution in [0.15, 0.2) is 36.4 Å². The number of anilines is 1. The molecular weight excluding hydrogens is 392 g/mol. The molecule has 0 spiro atoms. The van der Waals surface area contributed by atoms with Crippen molar-refractivity contribution in [2.45, 2.75) is 36.9 Å². The molecule has 2 heterocycles. The molecule has 0 bridgehead atoms. The predicted molar refractivity (Wildman–Crippen MR) is 111 cm³/mol. The van der Waals surface area contributed by atoms with Gasteiger partial charge < -0.3 is 20.1 Å². The number of amides is 2. The third-order valence-corrected chi connectivity index (χ3v) is 6.97. The van der Waals surface area contributed by atoms with Crippen molar-refractivity contribution in [3.05, 3.63) is 36.4 Å². The van der Waals surface area contributed by atoms with Gasteiger partial charge in [0.05, 0.1) is 17.7 Å². The molecule has 2 fully saturated rings. The Bertz CT molecular complexity index is 1020. The normalized spacial score (nSPS) is 24.7. The van der Waals surface area contributed by atoms with Crippen molar-refractivity contribution in [3.63, 3.8) is 0 Å². The summed E-state index contributed by atoms with van der Waals surface area (Å²) in [6, 6.07) is 10.4. The van der Waals surface area contributed by atoms with Crippen molar-refractivity contribution in [3.8, 4) is 5.75 Å². The van der Waals surface area contributed by atoms with E-state index in [1.807, 2.05) is 37.3 Å². The van der Waals surface area contributed by atoms with Gasteiger partial charge in [0.1, 0.15) is 17.7 Å². The number of carboxylic acids is 1. The van der Waals surface area contributed by atoms with Crippen molar-refractivity contribution in [2.24, 2.45) is 5.92 Å². The van der Waals surface area contributed by atoms with Crippen molar-refractivity contribution >= 4 is 46.0 Å². The van der Waals surface area contributed by atoms with Crippen LogP contribution in [0.25, 0.3) is 10.8 Å². The highest BCUT2D eigenvalue weighted by atomic mass is 32.2. The molecule has 29 heavy (non-hydrogen) atoms. The summed E-state index contributed by atoms with van der Waals surface area (Å²) >= 11 is 1.36. The monoisotopic (exact) mass is 414 g/mol. The van der Waals surface area contributed by atoms with E-state index in [-0.39, 0.29) is 0 Å². The lowest BCUT2D eigenvalue weighted by atomic mass is 9.91. The van der Waals surface area contributed by atoms with Gasteiger partial charge in [-0.3, -0.25) is 9.59 Å². The number of benzene rings is 2. The van der Waals surface area contributed by atoms with Gasteiger partial charge in [-0.15, -0.1) is 11.8 Å². The summed E-state index contributed by atoms with van der Waals surface area (Å²) in [5, 5.41) is 13.7. The van der Waals surface area contributed by atoms with Gasteiger partial charge >= 0.3 is 5.97 Å². The number of hydrogen-bond acceptors (Lipinski definition) is 5. The van der Waals surface area contributed by atoms with E-state index >= 15 is 0 Å². The molecule has 0 saturated carbocycles. The molecule has 2 saturated heterocycles. The molecule has 2 unspecified atom stereocenters. The van der Waals surface area contributed by atoms with Crippen LogP contribution >= 0.6 is 11.8 Å². The first-order chi connectivity index (χ1) is 13.8. The summed E-state index contributed by atoms with van der Waals surface area (Å²) in [5.74, 6) is -2.33. The van der Waals surface area contributed by atoms with Gasteiger partial charge in [0.25, 0.3) is 0 Å². The van der Waals surface area contributed by atoms with Crippen molar-refractivity contribution in [1.82, 2.24) is 4.90 Å². The van der Waals surface area contributed by atoms with Crippen molar-refractivity contribution < 1.29 is 24.2 Å². The Morgan fingerprint density at radius 1 is 1.24 bits per heavy atom. The molecule has 8 heteroatoms. The lowest BCUT2D eigenvalue weighted by Gasteiger charge is -2.42. The van der Waals surface area contributed by atoms with Crippen LogP contribution in [-0.4, -0.2) is 50.6 Å². The second kappa shape index (κ2) is 6.95. The molecule has 2 aliphatic rings. The van der Waals surface area contributed by atoms with Crippen molar-refractivity contribution in [2.75, 3.05) is 11.9 Å². The molecule has 2 aromatic carbocycles. The maximum Gasteiger partial charge on any atom is 0.327 e. The fraction of sp³-hybridized carbons (Fsp3) is 0.381. The average Bonchev–Trinajstić information content (AvgIpc) is 2.91. The SMILES string of the molecule is CCOc1ccc2ccccc2c1NC(=O)C1C(=O)N2C(C(=O)O)C(C)(C)S[C@@H]12. The number of nitrogens with zero attached hydrogens (tertiary/aromatic N) is 1. The van der Waals surface area contributed by atoms with E-state index in [0.717, 1.165) is 10.8 Å². The van der Waals surface area contributed by atoms with Gasteiger partial charge in [0.2, 0.25) is 11.8 Å². The maximum absolute atomic E-state index is 13.1. The van der Waals surface area contributed by atoms with Gasteiger partial charge in [0, 0.05) is 10.1 Å². The predicted octanol–water partition coefficient (Wildman–Crippen LogP) is 2.94. The number of thioether (sulfide) groups is 1. The number of β-lactam (4-membered cyclic amide) rings is 1. The van der Waals surface area contributed by atoms with E-state index in [9.17, 15) is 19.5 Å². The number of hydrogen-bond donors (Lipinski definition) is 2. The maximum atomic E-state index is 13.1. The van der Waals surface area contributed by atoms with Crippen LogP contribution < -0.4 is 10.1 Å². The smallest absolute Gasteiger partial charge is 0.327 e. The van der Waals surface area contributed by atoms with E-state index in [4.69, 9.17) is 4.74 Å². The number of carbonyl (C=O) groups excluding carboxylic acids is 2. The first-order valence-electron chi connectivity index (χ1n) is 9.44. The van der Waals surface area contributed by atoms with E-state index in [1.54, 1.807) is 19.9 Å². The second-order valence-electron chi connectivity index (χ2n) is 7.66. The van der Waals surface area contributed by atoms with Crippen LogP contribution in [0.3, 0.4) is 0 Å². The second-order valence-corrected chi connectivity index (χ2v) is 9.43. The number of nitrogens with one attached hydrogen (secondary N) is 1. The van der Waals surface area contributed by atoms with Crippen LogP contribution in [0.1, 0.15) is 20.8 Å². The first kappa shape index (κ1) is 19.6. The van der Waals surface area contributed by atoms with E-state index < -0.39 is 39.9 Å². The third kappa shape index (κ3) is 3.02. The molecule has 2 aliphatic heterocycles. The van der Waals surface area contributed by atoms with Crippen LogP contribution in [0, 0.1) is 5.92 Å². The Morgan fingerprint density at radius 2 is 1.97 bits per heavy atom.